The van der Waals surface area contributed by atoms with E-state index in [0.717, 1.165) is 180 Å². The molecule has 0 aliphatic rings. The zero-order chi connectivity index (χ0) is 76.0. The first kappa shape index (κ1) is 98.9. The second-order valence-corrected chi connectivity index (χ2v) is 29.1. The highest BCUT2D eigenvalue weighted by Gasteiger charge is 2.30. The Morgan fingerprint density at radius 1 is 0.279 bits per heavy atom. The highest BCUT2D eigenvalue weighted by molar-refractivity contribution is 7.47. The monoisotopic (exact) mass is 1500 g/mol. The van der Waals surface area contributed by atoms with E-state index in [1.165, 1.54) is 44.9 Å². The van der Waals surface area contributed by atoms with Crippen molar-refractivity contribution in [3.63, 3.8) is 0 Å². The van der Waals surface area contributed by atoms with Crippen LogP contribution in [0.4, 0.5) is 0 Å². The molecule has 0 aromatic heterocycles. The number of esters is 4. The van der Waals surface area contributed by atoms with Crippen molar-refractivity contribution in [3.05, 3.63) is 146 Å². The van der Waals surface area contributed by atoms with Crippen LogP contribution in [0.25, 0.3) is 0 Å². The number of ether oxygens (including phenoxy) is 4. The van der Waals surface area contributed by atoms with Gasteiger partial charge in [-0.2, -0.15) is 0 Å². The molecule has 0 saturated heterocycles. The van der Waals surface area contributed by atoms with Gasteiger partial charge < -0.3 is 33.8 Å². The number of rotatable bonds is 74. The Morgan fingerprint density at radius 3 is 0.856 bits per heavy atom. The molecule has 594 valence electrons. The number of phosphoric ester groups is 2. The minimum atomic E-state index is -5.00. The number of aliphatic hydroxyl groups excluding tert-OH is 1. The normalized spacial score (nSPS) is 14.6. The highest BCUT2D eigenvalue weighted by atomic mass is 31.2. The van der Waals surface area contributed by atoms with Gasteiger partial charge in [0.25, 0.3) is 0 Å². The maximum Gasteiger partial charge on any atom is 0.472 e. The van der Waals surface area contributed by atoms with Crippen LogP contribution in [0.2, 0.25) is 0 Å². The number of phosphoric acid groups is 2. The molecule has 5 unspecified atom stereocenters. The molecule has 0 aromatic rings. The summed E-state index contributed by atoms with van der Waals surface area (Å²) in [5.41, 5.74) is 0. The number of aliphatic hydroxyl groups is 1. The van der Waals surface area contributed by atoms with Gasteiger partial charge >= 0.3 is 39.5 Å². The fourth-order valence-electron chi connectivity index (χ4n) is 10.2. The summed E-state index contributed by atoms with van der Waals surface area (Å²) in [5.74, 6) is -2.31. The molecule has 3 N–H and O–H groups in total. The molecule has 17 nitrogen and oxygen atoms in total. The van der Waals surface area contributed by atoms with Gasteiger partial charge in [0.2, 0.25) is 0 Å². The number of carbonyl (C=O) groups is 4. The zero-order valence-corrected chi connectivity index (χ0v) is 66.7. The van der Waals surface area contributed by atoms with Gasteiger partial charge in [-0.1, -0.05) is 276 Å². The molecule has 0 aliphatic heterocycles. The molecule has 0 spiro atoms. The van der Waals surface area contributed by atoms with E-state index in [-0.39, 0.29) is 25.7 Å². The first-order chi connectivity index (χ1) is 50.7. The van der Waals surface area contributed by atoms with Crippen molar-refractivity contribution in [1.29, 1.82) is 0 Å². The van der Waals surface area contributed by atoms with E-state index in [2.05, 4.69) is 155 Å². The van der Waals surface area contributed by atoms with Crippen molar-refractivity contribution in [3.8, 4) is 0 Å². The third-order valence-electron chi connectivity index (χ3n) is 16.3. The molecule has 0 rings (SSSR count). The maximum absolute atomic E-state index is 13.1. The minimum Gasteiger partial charge on any atom is -0.462 e. The van der Waals surface area contributed by atoms with E-state index in [1.54, 1.807) is 0 Å². The molecule has 0 radical (unpaired) electrons. The van der Waals surface area contributed by atoms with Crippen molar-refractivity contribution in [2.45, 2.75) is 329 Å². The van der Waals surface area contributed by atoms with E-state index >= 15 is 0 Å². The number of allylic oxidation sites excluding steroid dienone is 24. The maximum atomic E-state index is 13.1. The largest absolute Gasteiger partial charge is 0.472 e. The Balaban J connectivity index is 5.45. The highest BCUT2D eigenvalue weighted by Crippen LogP contribution is 2.45. The molecule has 0 bridgehead atoms. The number of hydrogen-bond donors (Lipinski definition) is 3. The average Bonchev–Trinajstić information content (AvgIpc) is 0.911. The SMILES string of the molecule is CC/C=C\C/C=C\C/C=C\C/C=C\C/C=C\C/C=C\CCC(=O)OCC(COP(=O)(O)OCC(O)COP(=O)(O)OCC(COC(=O)CCCCCCC/C=C\C/C=C\CCCCC)OC(=O)CCCCCCC/C=C\CCCCCC)OC(=O)CCCCCCCCC/C=C\C/C=C\C/C=C\CC. The quantitative estimate of drug-likeness (QED) is 0.0169. The molecule has 0 saturated carbocycles. The first-order valence-corrected chi connectivity index (χ1v) is 43.1. The van der Waals surface area contributed by atoms with Gasteiger partial charge in [-0.05, 0) is 154 Å². The summed E-state index contributed by atoms with van der Waals surface area (Å²) < 4.78 is 68.5. The Kier molecular flexibility index (Phi) is 72.4. The molecule has 0 aromatic carbocycles. The lowest BCUT2D eigenvalue weighted by Crippen LogP contribution is -2.30. The van der Waals surface area contributed by atoms with E-state index in [0.29, 0.717) is 32.1 Å². The third kappa shape index (κ3) is 75.2. The van der Waals surface area contributed by atoms with Crippen LogP contribution in [0.3, 0.4) is 0 Å². The number of unbranched alkanes of at least 4 members (excludes halogenated alkanes) is 24. The molecule has 104 heavy (non-hydrogen) atoms. The Labute approximate surface area is 630 Å². The topological polar surface area (TPSA) is 237 Å². The second-order valence-electron chi connectivity index (χ2n) is 26.2. The van der Waals surface area contributed by atoms with E-state index in [9.17, 15) is 43.2 Å². The lowest BCUT2D eigenvalue weighted by atomic mass is 10.1. The van der Waals surface area contributed by atoms with Crippen LogP contribution in [0.5, 0.6) is 0 Å². The molecule has 0 amide bonds. The summed E-state index contributed by atoms with van der Waals surface area (Å²) >= 11 is 0. The van der Waals surface area contributed by atoms with Gasteiger partial charge in [0.15, 0.2) is 12.2 Å². The second kappa shape index (κ2) is 76.1. The van der Waals surface area contributed by atoms with E-state index < -0.39 is 97.5 Å². The summed E-state index contributed by atoms with van der Waals surface area (Å²) in [6, 6.07) is 0. The molecule has 0 heterocycles. The van der Waals surface area contributed by atoms with E-state index in [1.807, 2.05) is 18.2 Å². The Bertz CT molecular complexity index is 2540. The van der Waals surface area contributed by atoms with Gasteiger partial charge in [-0.25, -0.2) is 9.13 Å². The van der Waals surface area contributed by atoms with Gasteiger partial charge in [0.05, 0.1) is 26.4 Å². The van der Waals surface area contributed by atoms with Crippen molar-refractivity contribution in [1.82, 2.24) is 0 Å². The van der Waals surface area contributed by atoms with Gasteiger partial charge in [-0.3, -0.25) is 37.3 Å². The lowest BCUT2D eigenvalue weighted by Gasteiger charge is -2.21. The third-order valence-corrected chi connectivity index (χ3v) is 18.2. The fraction of sp³-hybridized carbons (Fsp3) is 0.671. The summed E-state index contributed by atoms with van der Waals surface area (Å²) in [7, 11) is -9.99. The van der Waals surface area contributed by atoms with Gasteiger partial charge in [0.1, 0.15) is 19.3 Å². The van der Waals surface area contributed by atoms with Crippen LogP contribution in [0, 0.1) is 0 Å². The molecule has 5 atom stereocenters. The van der Waals surface area contributed by atoms with Crippen LogP contribution in [0.1, 0.15) is 310 Å². The van der Waals surface area contributed by atoms with Crippen molar-refractivity contribution < 1.29 is 80.2 Å². The molecule has 0 aliphatic carbocycles. The van der Waals surface area contributed by atoms with Crippen molar-refractivity contribution >= 4 is 39.5 Å². The van der Waals surface area contributed by atoms with Crippen LogP contribution in [0.15, 0.2) is 146 Å². The molecular formula is C85H142O17P2. The zero-order valence-electron chi connectivity index (χ0n) is 64.9. The van der Waals surface area contributed by atoms with E-state index in [4.69, 9.17) is 37.0 Å². The predicted octanol–water partition coefficient (Wildman–Crippen LogP) is 23.4. The first-order valence-electron chi connectivity index (χ1n) is 40.1. The lowest BCUT2D eigenvalue weighted by molar-refractivity contribution is -0.161. The smallest absolute Gasteiger partial charge is 0.462 e. The summed E-state index contributed by atoms with van der Waals surface area (Å²) in [4.78, 5) is 73.0. The van der Waals surface area contributed by atoms with Gasteiger partial charge in [0, 0.05) is 25.7 Å². The van der Waals surface area contributed by atoms with Crippen molar-refractivity contribution in [2.24, 2.45) is 0 Å². The number of hydrogen-bond acceptors (Lipinski definition) is 15. The van der Waals surface area contributed by atoms with Crippen molar-refractivity contribution in [2.75, 3.05) is 39.6 Å². The average molecular weight is 1500 g/mol. The minimum absolute atomic E-state index is 0.0296. The summed E-state index contributed by atoms with van der Waals surface area (Å²) in [6.07, 6.45) is 86.9. The summed E-state index contributed by atoms with van der Waals surface area (Å²) in [6.45, 7) is 4.49. The van der Waals surface area contributed by atoms with Crippen LogP contribution in [-0.2, 0) is 65.4 Å². The predicted molar refractivity (Wildman–Crippen MR) is 427 cm³/mol. The fourth-order valence-corrected chi connectivity index (χ4v) is 11.8. The molecular weight excluding hydrogens is 1350 g/mol. The molecule has 19 heteroatoms. The van der Waals surface area contributed by atoms with Crippen LogP contribution in [-0.4, -0.2) is 96.7 Å². The van der Waals surface area contributed by atoms with Crippen LogP contribution < -0.4 is 0 Å². The number of carbonyl (C=O) groups excluding carboxylic acids is 4. The Hall–Kier alpha value is -5.06. The molecule has 0 fully saturated rings. The van der Waals surface area contributed by atoms with Crippen LogP contribution >= 0.6 is 15.6 Å². The van der Waals surface area contributed by atoms with Gasteiger partial charge in [-0.15, -0.1) is 0 Å². The Morgan fingerprint density at radius 2 is 0.519 bits per heavy atom. The standard InChI is InChI=1S/C85H142O17P2/c1-5-9-13-17-21-25-29-33-36-38-39-41-43-47-50-54-58-62-66-70-83(88)96-76-81(102-85(90)72-68-64-60-56-52-48-44-40-37-34-30-26-22-18-14-10-6-2)78-100-104(93,94)98-74-79(86)73-97-103(91,92)99-77-80(101-84(89)71-67-63-59-55-51-45-32-28-24-20-16-12-8-4)75-95-82(87)69-65-61-57-53-49-46-42-35-31-27-23-19-15-11-7-3/h9-10,13-14,21-23,25-28,32-37,39,41-42,47,50,58,62,79-81,86H,5-8,11-12,15-20,24,29-31,38,40,43-46,48-49,51-57,59-61,63-78H2,1-4H3,(H,91,92)(H,93,94)/b13-9-,14-10-,25-21-,26-22-,27-23-,32-28-,36-33-,37-34-,41-39-,42-35-,50-47-,62-58-. The summed E-state index contributed by atoms with van der Waals surface area (Å²) in [5, 5.41) is 10.6.